The fourth-order valence-electron chi connectivity index (χ4n) is 3.52. The molecule has 2 saturated heterocycles. The molecule has 2 aliphatic rings. The zero-order valence-corrected chi connectivity index (χ0v) is 15.6. The van der Waals surface area contributed by atoms with E-state index >= 15 is 0 Å². The minimum absolute atomic E-state index is 0.102. The van der Waals surface area contributed by atoms with Crippen molar-refractivity contribution in [2.24, 2.45) is 0 Å². The van der Waals surface area contributed by atoms with Crippen LogP contribution >= 0.6 is 0 Å². The van der Waals surface area contributed by atoms with Crippen LogP contribution < -0.4 is 15.1 Å². The van der Waals surface area contributed by atoms with Gasteiger partial charge in [-0.15, -0.1) is 0 Å². The number of benzene rings is 1. The van der Waals surface area contributed by atoms with Gasteiger partial charge in [0.05, 0.1) is 11.9 Å². The number of imide groups is 2. The first-order valence-electron chi connectivity index (χ1n) is 9.40. The van der Waals surface area contributed by atoms with E-state index in [1.165, 1.54) is 43.1 Å². The van der Waals surface area contributed by atoms with Gasteiger partial charge in [0.15, 0.2) is 0 Å². The van der Waals surface area contributed by atoms with Crippen molar-refractivity contribution in [3.05, 3.63) is 59.7 Å². The van der Waals surface area contributed by atoms with Crippen molar-refractivity contribution in [1.82, 2.24) is 10.3 Å². The quantitative estimate of drug-likeness (QED) is 0.639. The second-order valence-electron chi connectivity index (χ2n) is 6.92. The van der Waals surface area contributed by atoms with Gasteiger partial charge in [-0.2, -0.15) is 0 Å². The van der Waals surface area contributed by atoms with E-state index < -0.39 is 23.7 Å². The molecule has 148 valence electrons. The van der Waals surface area contributed by atoms with Gasteiger partial charge in [-0.3, -0.25) is 19.9 Å². The van der Waals surface area contributed by atoms with Crippen molar-refractivity contribution in [2.75, 3.05) is 22.9 Å². The maximum absolute atomic E-state index is 14.7. The molecular formula is C21H19FN4O3. The first-order valence-corrected chi connectivity index (χ1v) is 9.40. The van der Waals surface area contributed by atoms with Gasteiger partial charge in [0, 0.05) is 30.5 Å². The van der Waals surface area contributed by atoms with Crippen molar-refractivity contribution < 1.29 is 18.8 Å². The molecule has 4 amide bonds. The van der Waals surface area contributed by atoms with Crippen LogP contribution in [0.1, 0.15) is 24.8 Å². The number of rotatable bonds is 3. The molecule has 0 saturated carbocycles. The van der Waals surface area contributed by atoms with Crippen molar-refractivity contribution in [3.8, 4) is 0 Å². The van der Waals surface area contributed by atoms with Gasteiger partial charge in [0.1, 0.15) is 11.4 Å². The number of nitrogens with one attached hydrogen (secondary N) is 1. The summed E-state index contributed by atoms with van der Waals surface area (Å²) >= 11 is 0. The highest BCUT2D eigenvalue weighted by Gasteiger charge is 2.37. The molecule has 0 radical (unpaired) electrons. The topological polar surface area (TPSA) is 82.6 Å². The van der Waals surface area contributed by atoms with Gasteiger partial charge in [-0.1, -0.05) is 0 Å². The van der Waals surface area contributed by atoms with Gasteiger partial charge < -0.3 is 4.90 Å². The number of barbiturate groups is 1. The molecule has 2 fully saturated rings. The van der Waals surface area contributed by atoms with E-state index in [-0.39, 0.29) is 16.8 Å². The van der Waals surface area contributed by atoms with E-state index in [2.05, 4.69) is 15.2 Å². The SMILES string of the molecule is O=C1NC(=O)N(c2cccnc2)C(=O)/C1=C/c1ccc(N2CCCCC2)cc1F. The van der Waals surface area contributed by atoms with Crippen LogP contribution in [0.4, 0.5) is 20.6 Å². The summed E-state index contributed by atoms with van der Waals surface area (Å²) in [5.74, 6) is -2.23. The van der Waals surface area contributed by atoms with Crippen molar-refractivity contribution in [2.45, 2.75) is 19.3 Å². The van der Waals surface area contributed by atoms with Gasteiger partial charge in [-0.25, -0.2) is 14.1 Å². The Labute approximate surface area is 166 Å². The Morgan fingerprint density at radius 3 is 2.52 bits per heavy atom. The number of carbonyl (C=O) groups excluding carboxylic acids is 3. The maximum atomic E-state index is 14.7. The molecule has 8 heteroatoms. The Morgan fingerprint density at radius 2 is 1.83 bits per heavy atom. The van der Waals surface area contributed by atoms with Crippen LogP contribution in [0.5, 0.6) is 0 Å². The molecule has 0 spiro atoms. The van der Waals surface area contributed by atoms with Crippen LogP contribution in [-0.4, -0.2) is 35.9 Å². The summed E-state index contributed by atoms with van der Waals surface area (Å²) in [6.45, 7) is 1.76. The number of amides is 4. The van der Waals surface area contributed by atoms with Crippen LogP contribution in [0.3, 0.4) is 0 Å². The molecule has 0 unspecified atom stereocenters. The van der Waals surface area contributed by atoms with Crippen LogP contribution in [0.2, 0.25) is 0 Å². The zero-order chi connectivity index (χ0) is 20.4. The van der Waals surface area contributed by atoms with E-state index in [1.807, 2.05) is 0 Å². The number of piperidine rings is 1. The molecule has 29 heavy (non-hydrogen) atoms. The lowest BCUT2D eigenvalue weighted by Crippen LogP contribution is -2.54. The summed E-state index contributed by atoms with van der Waals surface area (Å²) in [7, 11) is 0. The number of hydrogen-bond acceptors (Lipinski definition) is 5. The summed E-state index contributed by atoms with van der Waals surface area (Å²) in [6, 6.07) is 6.94. The van der Waals surface area contributed by atoms with Crippen LogP contribution in [0.15, 0.2) is 48.3 Å². The Kier molecular flexibility index (Phi) is 5.07. The normalized spacial score (nSPS) is 18.9. The average Bonchev–Trinajstić information content (AvgIpc) is 2.73. The fourth-order valence-corrected chi connectivity index (χ4v) is 3.52. The van der Waals surface area contributed by atoms with E-state index in [1.54, 1.807) is 12.1 Å². The number of nitrogens with zero attached hydrogens (tertiary/aromatic N) is 3. The van der Waals surface area contributed by atoms with Crippen LogP contribution in [-0.2, 0) is 9.59 Å². The fraction of sp³-hybridized carbons (Fsp3) is 0.238. The standard InChI is InChI=1S/C21H19FN4O3/c22-18-12-15(25-9-2-1-3-10-25)7-6-14(18)11-17-19(27)24-21(29)26(20(17)28)16-5-4-8-23-13-16/h4-8,11-13H,1-3,9-10H2,(H,24,27,29)/b17-11+. The largest absolute Gasteiger partial charge is 0.371 e. The van der Waals surface area contributed by atoms with E-state index in [0.717, 1.165) is 36.5 Å². The monoisotopic (exact) mass is 394 g/mol. The predicted molar refractivity (Wildman–Crippen MR) is 106 cm³/mol. The average molecular weight is 394 g/mol. The maximum Gasteiger partial charge on any atom is 0.336 e. The van der Waals surface area contributed by atoms with E-state index in [4.69, 9.17) is 0 Å². The minimum Gasteiger partial charge on any atom is -0.371 e. The van der Waals surface area contributed by atoms with Crippen molar-refractivity contribution in [1.29, 1.82) is 0 Å². The predicted octanol–water partition coefficient (Wildman–Crippen LogP) is 2.88. The molecule has 1 aromatic carbocycles. The molecule has 0 atom stereocenters. The Morgan fingerprint density at radius 1 is 1.03 bits per heavy atom. The van der Waals surface area contributed by atoms with E-state index in [9.17, 15) is 18.8 Å². The summed E-state index contributed by atoms with van der Waals surface area (Å²) in [5.41, 5.74) is 0.771. The lowest BCUT2D eigenvalue weighted by molar-refractivity contribution is -0.122. The smallest absolute Gasteiger partial charge is 0.336 e. The van der Waals surface area contributed by atoms with Crippen LogP contribution in [0, 0.1) is 5.82 Å². The molecule has 7 nitrogen and oxygen atoms in total. The third-order valence-corrected chi connectivity index (χ3v) is 5.01. The number of pyridine rings is 1. The summed E-state index contributed by atoms with van der Waals surface area (Å²) < 4.78 is 14.7. The molecule has 3 heterocycles. The number of anilines is 2. The van der Waals surface area contributed by atoms with Crippen molar-refractivity contribution >= 4 is 35.3 Å². The van der Waals surface area contributed by atoms with E-state index in [0.29, 0.717) is 0 Å². The molecule has 0 aliphatic carbocycles. The third-order valence-electron chi connectivity index (χ3n) is 5.01. The first kappa shape index (κ1) is 18.8. The number of hydrogen-bond donors (Lipinski definition) is 1. The molecule has 2 aromatic rings. The van der Waals surface area contributed by atoms with Gasteiger partial charge in [-0.05, 0) is 55.7 Å². The second-order valence-corrected chi connectivity index (χ2v) is 6.92. The molecule has 4 rings (SSSR count). The highest BCUT2D eigenvalue weighted by atomic mass is 19.1. The zero-order valence-electron chi connectivity index (χ0n) is 15.6. The van der Waals surface area contributed by atoms with Crippen LogP contribution in [0.25, 0.3) is 6.08 Å². The molecule has 1 aromatic heterocycles. The number of carbonyl (C=O) groups is 3. The highest BCUT2D eigenvalue weighted by molar-refractivity contribution is 6.39. The first-order chi connectivity index (χ1) is 14.0. The molecule has 0 bridgehead atoms. The third kappa shape index (κ3) is 3.73. The molecular weight excluding hydrogens is 375 g/mol. The Bertz CT molecular complexity index is 1000. The number of halogens is 1. The minimum atomic E-state index is -0.869. The highest BCUT2D eigenvalue weighted by Crippen LogP contribution is 2.25. The summed E-state index contributed by atoms with van der Waals surface area (Å²) in [4.78, 5) is 44.0. The number of aromatic nitrogens is 1. The van der Waals surface area contributed by atoms with Crippen molar-refractivity contribution in [3.63, 3.8) is 0 Å². The number of urea groups is 1. The Balaban J connectivity index is 1.65. The molecule has 2 aliphatic heterocycles. The lowest BCUT2D eigenvalue weighted by Gasteiger charge is -2.29. The Hall–Kier alpha value is -3.55. The molecule has 1 N–H and O–H groups in total. The van der Waals surface area contributed by atoms with Gasteiger partial charge in [0.2, 0.25) is 0 Å². The van der Waals surface area contributed by atoms with Gasteiger partial charge in [0.25, 0.3) is 11.8 Å². The van der Waals surface area contributed by atoms with Gasteiger partial charge >= 0.3 is 6.03 Å². The summed E-state index contributed by atoms with van der Waals surface area (Å²) in [6.07, 6.45) is 7.31. The lowest BCUT2D eigenvalue weighted by atomic mass is 10.0. The summed E-state index contributed by atoms with van der Waals surface area (Å²) in [5, 5.41) is 2.11. The second kappa shape index (κ2) is 7.83.